The van der Waals surface area contributed by atoms with Gasteiger partial charge in [0.05, 0.1) is 6.10 Å². The van der Waals surface area contributed by atoms with Gasteiger partial charge in [0, 0.05) is 12.2 Å². The number of hydrogen-bond acceptors (Lipinski definition) is 4. The van der Waals surface area contributed by atoms with Crippen LogP contribution in [0.4, 0.5) is 0 Å². The molecule has 0 aromatic carbocycles. The van der Waals surface area contributed by atoms with Crippen LogP contribution in [0.1, 0.15) is 91.4 Å². The molecule has 4 aliphatic carbocycles. The second-order valence-electron chi connectivity index (χ2n) is 12.5. The van der Waals surface area contributed by atoms with Crippen molar-refractivity contribution in [3.63, 3.8) is 0 Å². The summed E-state index contributed by atoms with van der Waals surface area (Å²) >= 11 is 4.04. The number of thiol groups is 1. The summed E-state index contributed by atoms with van der Waals surface area (Å²) in [4.78, 5) is 23.5. The highest BCUT2D eigenvalue weighted by atomic mass is 32.1. The summed E-state index contributed by atoms with van der Waals surface area (Å²) in [5, 5.41) is 22.0. The molecule has 0 bridgehead atoms. The normalized spacial score (nSPS) is 44.2. The predicted octanol–water partition coefficient (Wildman–Crippen LogP) is 4.92. The molecule has 5 nitrogen and oxygen atoms in total. The van der Waals surface area contributed by atoms with Gasteiger partial charge in [0.2, 0.25) is 5.91 Å². The first-order chi connectivity index (χ1) is 15.6. The number of aliphatic hydroxyl groups is 1. The standard InChI is InChI=1S/C27H45NO4S/c1-16(4-9-24(30)28-23(15-33)25(31)32)20-7-8-21-19-6-5-17-14-18(29)10-12-26(17,2)22(19)11-13-27(20,21)3/h16-23,29,33H,4-15H2,1-3H3,(H,28,30)(H,31,32)/t16-,17-,18-,19+,20-,21+,22+,23+,26+,27-/m1/s1. The Morgan fingerprint density at radius 2 is 1.73 bits per heavy atom. The third-order valence-corrected chi connectivity index (χ3v) is 11.4. The smallest absolute Gasteiger partial charge is 0.327 e. The second-order valence-corrected chi connectivity index (χ2v) is 12.8. The minimum absolute atomic E-state index is 0.0825. The van der Waals surface area contributed by atoms with Crippen LogP contribution in [-0.2, 0) is 9.59 Å². The average Bonchev–Trinajstić information content (AvgIpc) is 3.13. The molecule has 0 heterocycles. The van der Waals surface area contributed by atoms with Gasteiger partial charge >= 0.3 is 5.97 Å². The number of hydrogen-bond donors (Lipinski definition) is 4. The number of carbonyl (C=O) groups is 2. The number of aliphatic carboxylic acids is 1. The molecule has 0 radical (unpaired) electrons. The zero-order valence-corrected chi connectivity index (χ0v) is 21.7. The minimum Gasteiger partial charge on any atom is -0.480 e. The van der Waals surface area contributed by atoms with E-state index in [0.29, 0.717) is 35.0 Å². The molecule has 188 valence electrons. The highest BCUT2D eigenvalue weighted by Crippen LogP contribution is 2.68. The van der Waals surface area contributed by atoms with Gasteiger partial charge in [-0.05, 0) is 111 Å². The monoisotopic (exact) mass is 479 g/mol. The van der Waals surface area contributed by atoms with E-state index < -0.39 is 12.0 Å². The van der Waals surface area contributed by atoms with E-state index in [9.17, 15) is 14.7 Å². The highest BCUT2D eigenvalue weighted by Gasteiger charge is 2.60. The fourth-order valence-corrected chi connectivity index (χ4v) is 9.47. The van der Waals surface area contributed by atoms with Gasteiger partial charge in [-0.25, -0.2) is 4.79 Å². The van der Waals surface area contributed by atoms with Gasteiger partial charge in [-0.15, -0.1) is 0 Å². The SMILES string of the molecule is C[C@H](CCC(=O)N[C@@H](CS)C(=O)O)[C@H]1CC[C@H]2[C@@H]3CC[C@@H]4C[C@H](O)CC[C@]4(C)[C@H]3CC[C@]12C. The van der Waals surface area contributed by atoms with Gasteiger partial charge in [-0.1, -0.05) is 20.8 Å². The van der Waals surface area contributed by atoms with Crippen LogP contribution in [0.25, 0.3) is 0 Å². The lowest BCUT2D eigenvalue weighted by Crippen LogP contribution is -2.54. The van der Waals surface area contributed by atoms with Crippen molar-refractivity contribution in [1.29, 1.82) is 0 Å². The molecule has 33 heavy (non-hydrogen) atoms. The first-order valence-corrected chi connectivity index (χ1v) is 14.0. The van der Waals surface area contributed by atoms with Gasteiger partial charge in [-0.3, -0.25) is 4.79 Å². The Morgan fingerprint density at radius 1 is 1.03 bits per heavy atom. The Labute approximate surface area is 205 Å². The van der Waals surface area contributed by atoms with Crippen molar-refractivity contribution in [1.82, 2.24) is 5.32 Å². The maximum Gasteiger partial charge on any atom is 0.327 e. The maximum atomic E-state index is 12.4. The molecule has 4 fully saturated rings. The van der Waals surface area contributed by atoms with Crippen molar-refractivity contribution in [3.8, 4) is 0 Å². The first-order valence-electron chi connectivity index (χ1n) is 13.4. The number of carboxylic acids is 1. The highest BCUT2D eigenvalue weighted by molar-refractivity contribution is 7.80. The summed E-state index contributed by atoms with van der Waals surface area (Å²) in [6, 6.07) is -0.905. The van der Waals surface area contributed by atoms with Crippen LogP contribution >= 0.6 is 12.6 Å². The van der Waals surface area contributed by atoms with Crippen LogP contribution in [0.2, 0.25) is 0 Å². The number of amides is 1. The van der Waals surface area contributed by atoms with E-state index in [1.165, 1.54) is 44.9 Å². The van der Waals surface area contributed by atoms with Crippen LogP contribution in [-0.4, -0.2) is 40.0 Å². The van der Waals surface area contributed by atoms with Crippen LogP contribution < -0.4 is 5.32 Å². The molecule has 4 aliphatic rings. The molecule has 0 aromatic rings. The number of carboxylic acid groups (broad SMARTS) is 1. The third-order valence-electron chi connectivity index (χ3n) is 11.0. The number of rotatable bonds is 7. The number of aliphatic hydroxyl groups excluding tert-OH is 1. The molecular formula is C27H45NO4S. The molecule has 0 spiro atoms. The summed E-state index contributed by atoms with van der Waals surface area (Å²) in [5.74, 6) is 3.18. The first kappa shape index (κ1) is 25.3. The Morgan fingerprint density at radius 3 is 2.42 bits per heavy atom. The molecule has 6 heteroatoms. The molecule has 0 aliphatic heterocycles. The van der Waals surface area contributed by atoms with Gasteiger partial charge in [0.1, 0.15) is 6.04 Å². The molecule has 0 saturated heterocycles. The predicted molar refractivity (Wildman–Crippen MR) is 133 cm³/mol. The van der Waals surface area contributed by atoms with Crippen LogP contribution in [0.3, 0.4) is 0 Å². The summed E-state index contributed by atoms with van der Waals surface area (Å²) in [6.45, 7) is 7.40. The molecular weight excluding hydrogens is 434 g/mol. The molecule has 0 unspecified atom stereocenters. The lowest BCUT2D eigenvalue weighted by Gasteiger charge is -2.61. The molecule has 10 atom stereocenters. The van der Waals surface area contributed by atoms with Crippen LogP contribution in [0.15, 0.2) is 0 Å². The quantitative estimate of drug-likeness (QED) is 0.390. The summed E-state index contributed by atoms with van der Waals surface area (Å²) in [5.41, 5.74) is 0.780. The van der Waals surface area contributed by atoms with E-state index >= 15 is 0 Å². The van der Waals surface area contributed by atoms with Gasteiger partial charge in [0.25, 0.3) is 0 Å². The Hall–Kier alpha value is -0.750. The van der Waals surface area contributed by atoms with E-state index in [4.69, 9.17) is 5.11 Å². The second kappa shape index (κ2) is 9.72. The van der Waals surface area contributed by atoms with Crippen LogP contribution in [0.5, 0.6) is 0 Å². The Kier molecular flexibility index (Phi) is 7.46. The fourth-order valence-electron chi connectivity index (χ4n) is 9.22. The number of fused-ring (bicyclic) bond motifs is 5. The Bertz CT molecular complexity index is 746. The minimum atomic E-state index is -1.02. The largest absolute Gasteiger partial charge is 0.480 e. The number of carbonyl (C=O) groups excluding carboxylic acids is 1. The van der Waals surface area contributed by atoms with E-state index in [2.05, 4.69) is 38.7 Å². The third kappa shape index (κ3) is 4.60. The van der Waals surface area contributed by atoms with Gasteiger partial charge in [0.15, 0.2) is 0 Å². The van der Waals surface area contributed by atoms with E-state index in [0.717, 1.165) is 37.0 Å². The zero-order valence-electron chi connectivity index (χ0n) is 20.8. The van der Waals surface area contributed by atoms with Gasteiger partial charge in [-0.2, -0.15) is 12.6 Å². The average molecular weight is 480 g/mol. The van der Waals surface area contributed by atoms with Crippen molar-refractivity contribution < 1.29 is 19.8 Å². The van der Waals surface area contributed by atoms with Crippen LogP contribution in [0, 0.1) is 46.3 Å². The van der Waals surface area contributed by atoms with Gasteiger partial charge < -0.3 is 15.5 Å². The topological polar surface area (TPSA) is 86.6 Å². The maximum absolute atomic E-state index is 12.4. The lowest BCUT2D eigenvalue weighted by molar-refractivity contribution is -0.141. The molecule has 3 N–H and O–H groups in total. The fraction of sp³-hybridized carbons (Fsp3) is 0.926. The zero-order chi connectivity index (χ0) is 24.0. The summed E-state index contributed by atoms with van der Waals surface area (Å²) < 4.78 is 0. The van der Waals surface area contributed by atoms with Crippen molar-refractivity contribution >= 4 is 24.5 Å². The summed E-state index contributed by atoms with van der Waals surface area (Å²) in [7, 11) is 0. The molecule has 4 rings (SSSR count). The molecule has 0 aromatic heterocycles. The molecule has 1 amide bonds. The van der Waals surface area contributed by atoms with Crippen molar-refractivity contribution in [2.24, 2.45) is 46.3 Å². The van der Waals surface area contributed by atoms with Crippen molar-refractivity contribution in [2.45, 2.75) is 104 Å². The van der Waals surface area contributed by atoms with E-state index in [-0.39, 0.29) is 17.8 Å². The van der Waals surface area contributed by atoms with E-state index in [1.807, 2.05) is 0 Å². The number of nitrogens with one attached hydrogen (secondary N) is 1. The molecule has 4 saturated carbocycles. The Balaban J connectivity index is 1.38. The lowest BCUT2D eigenvalue weighted by atomic mass is 9.44. The van der Waals surface area contributed by atoms with Crippen molar-refractivity contribution in [3.05, 3.63) is 0 Å². The summed E-state index contributed by atoms with van der Waals surface area (Å²) in [6.07, 6.45) is 12.2. The van der Waals surface area contributed by atoms with E-state index in [1.54, 1.807) is 0 Å². The van der Waals surface area contributed by atoms with Crippen molar-refractivity contribution in [2.75, 3.05) is 5.75 Å².